The summed E-state index contributed by atoms with van der Waals surface area (Å²) in [5, 5.41) is 7.04. The molecule has 1 N–H and O–H groups in total. The monoisotopic (exact) mass is 306 g/mol. The normalized spacial score (nSPS) is 15.7. The van der Waals surface area contributed by atoms with Gasteiger partial charge in [0, 0.05) is 25.0 Å². The molecule has 3 heterocycles. The maximum atomic E-state index is 12.5. The van der Waals surface area contributed by atoms with Crippen molar-refractivity contribution >= 4 is 11.6 Å². The van der Waals surface area contributed by atoms with Gasteiger partial charge in [-0.15, -0.1) is 0 Å². The van der Waals surface area contributed by atoms with Crippen molar-refractivity contribution in [3.63, 3.8) is 0 Å². The van der Waals surface area contributed by atoms with Crippen LogP contribution in [0.5, 0.6) is 5.75 Å². The number of nitrogens with one attached hydrogen (secondary N) is 1. The van der Waals surface area contributed by atoms with E-state index in [-0.39, 0.29) is 5.91 Å². The predicted octanol–water partition coefficient (Wildman–Crippen LogP) is 2.21. The minimum Gasteiger partial charge on any atom is -0.480 e. The highest BCUT2D eigenvalue weighted by Crippen LogP contribution is 2.29. The van der Waals surface area contributed by atoms with Crippen LogP contribution in [0.2, 0.25) is 0 Å². The molecule has 2 aromatic heterocycles. The van der Waals surface area contributed by atoms with E-state index in [0.29, 0.717) is 17.9 Å². The molecule has 1 amide bonds. The zero-order valence-electron chi connectivity index (χ0n) is 12.2. The third-order valence-electron chi connectivity index (χ3n) is 3.71. The van der Waals surface area contributed by atoms with Crippen LogP contribution in [0.25, 0.3) is 5.82 Å². The Balaban J connectivity index is 1.55. The summed E-state index contributed by atoms with van der Waals surface area (Å²) >= 11 is 0. The fourth-order valence-corrected chi connectivity index (χ4v) is 2.61. The molecule has 0 fully saturated rings. The molecule has 1 aliphatic heterocycles. The SMILES string of the molecule is O=C(Nc1cccnc1-n1cccn1)C1Cc2ccccc2O1. The first-order chi connectivity index (χ1) is 11.3. The standard InChI is InChI=1S/C17H14N4O2/c22-17(15-11-12-5-1-2-7-14(12)23-15)20-13-6-3-8-18-16(13)21-10-4-9-19-21/h1-10,15H,11H2,(H,20,22). The number of para-hydroxylation sites is 1. The van der Waals surface area contributed by atoms with Gasteiger partial charge in [-0.05, 0) is 29.8 Å². The first-order valence-electron chi connectivity index (χ1n) is 7.32. The van der Waals surface area contributed by atoms with Crippen molar-refractivity contribution < 1.29 is 9.53 Å². The number of benzene rings is 1. The molecule has 1 aromatic carbocycles. The van der Waals surface area contributed by atoms with Gasteiger partial charge in [0.25, 0.3) is 5.91 Å². The van der Waals surface area contributed by atoms with Gasteiger partial charge in [-0.25, -0.2) is 9.67 Å². The van der Waals surface area contributed by atoms with E-state index in [1.54, 1.807) is 41.5 Å². The number of rotatable bonds is 3. The smallest absolute Gasteiger partial charge is 0.265 e. The summed E-state index contributed by atoms with van der Waals surface area (Å²) in [4.78, 5) is 16.8. The molecular formula is C17H14N4O2. The molecule has 0 radical (unpaired) electrons. The highest BCUT2D eigenvalue weighted by Gasteiger charge is 2.29. The number of carbonyl (C=O) groups is 1. The van der Waals surface area contributed by atoms with Crippen LogP contribution in [-0.2, 0) is 11.2 Å². The number of hydrogen-bond donors (Lipinski definition) is 1. The average molecular weight is 306 g/mol. The van der Waals surface area contributed by atoms with Crippen molar-refractivity contribution in [1.29, 1.82) is 0 Å². The molecule has 0 aliphatic carbocycles. The minimum atomic E-state index is -0.530. The zero-order valence-corrected chi connectivity index (χ0v) is 12.2. The quantitative estimate of drug-likeness (QED) is 0.805. The molecular weight excluding hydrogens is 292 g/mol. The van der Waals surface area contributed by atoms with E-state index >= 15 is 0 Å². The number of fused-ring (bicyclic) bond motifs is 1. The minimum absolute atomic E-state index is 0.192. The Kier molecular flexibility index (Phi) is 3.27. The lowest BCUT2D eigenvalue weighted by molar-refractivity contribution is -0.122. The highest BCUT2D eigenvalue weighted by molar-refractivity contribution is 5.96. The van der Waals surface area contributed by atoms with Crippen molar-refractivity contribution in [3.05, 3.63) is 66.6 Å². The lowest BCUT2D eigenvalue weighted by Crippen LogP contribution is -2.31. The van der Waals surface area contributed by atoms with Gasteiger partial charge in [0.15, 0.2) is 11.9 Å². The Morgan fingerprint density at radius 2 is 2.09 bits per heavy atom. The van der Waals surface area contributed by atoms with Gasteiger partial charge in [0.2, 0.25) is 0 Å². The van der Waals surface area contributed by atoms with Crippen LogP contribution >= 0.6 is 0 Å². The van der Waals surface area contributed by atoms with E-state index in [9.17, 15) is 4.79 Å². The number of amides is 1. The van der Waals surface area contributed by atoms with Gasteiger partial charge in [-0.2, -0.15) is 5.10 Å². The number of aromatic nitrogens is 3. The molecule has 0 spiro atoms. The molecule has 1 unspecified atom stereocenters. The highest BCUT2D eigenvalue weighted by atomic mass is 16.5. The fraction of sp³-hybridized carbons (Fsp3) is 0.118. The Labute approximate surface area is 132 Å². The first kappa shape index (κ1) is 13.5. The Hall–Kier alpha value is -3.15. The fourth-order valence-electron chi connectivity index (χ4n) is 2.61. The van der Waals surface area contributed by atoms with E-state index in [1.165, 1.54) is 0 Å². The number of anilines is 1. The first-order valence-corrected chi connectivity index (χ1v) is 7.32. The van der Waals surface area contributed by atoms with E-state index in [1.807, 2.05) is 24.3 Å². The summed E-state index contributed by atoms with van der Waals surface area (Å²) < 4.78 is 7.33. The number of nitrogens with zero attached hydrogens (tertiary/aromatic N) is 3. The van der Waals surface area contributed by atoms with Crippen LogP contribution in [0.1, 0.15) is 5.56 Å². The molecule has 23 heavy (non-hydrogen) atoms. The van der Waals surface area contributed by atoms with Gasteiger partial charge < -0.3 is 10.1 Å². The molecule has 6 heteroatoms. The molecule has 6 nitrogen and oxygen atoms in total. The predicted molar refractivity (Wildman–Crippen MR) is 84.6 cm³/mol. The topological polar surface area (TPSA) is 69.0 Å². The summed E-state index contributed by atoms with van der Waals surface area (Å²) in [6.45, 7) is 0. The zero-order chi connectivity index (χ0) is 15.6. The van der Waals surface area contributed by atoms with Gasteiger partial charge in [0.05, 0.1) is 5.69 Å². The Morgan fingerprint density at radius 1 is 1.17 bits per heavy atom. The van der Waals surface area contributed by atoms with Crippen molar-refractivity contribution in [3.8, 4) is 11.6 Å². The number of carbonyl (C=O) groups excluding carboxylic acids is 1. The van der Waals surface area contributed by atoms with E-state index in [2.05, 4.69) is 15.4 Å². The third kappa shape index (κ3) is 2.55. The Morgan fingerprint density at radius 3 is 2.91 bits per heavy atom. The Bertz CT molecular complexity index is 820. The summed E-state index contributed by atoms with van der Waals surface area (Å²) in [6.07, 6.45) is 5.14. The molecule has 0 saturated heterocycles. The van der Waals surface area contributed by atoms with Crippen molar-refractivity contribution in [2.24, 2.45) is 0 Å². The van der Waals surface area contributed by atoms with E-state index in [0.717, 1.165) is 11.3 Å². The van der Waals surface area contributed by atoms with Crippen LogP contribution in [0.15, 0.2) is 61.1 Å². The molecule has 4 rings (SSSR count). The summed E-state index contributed by atoms with van der Waals surface area (Å²) in [6, 6.07) is 13.1. The summed E-state index contributed by atoms with van der Waals surface area (Å²) in [5.41, 5.74) is 1.65. The van der Waals surface area contributed by atoms with Crippen LogP contribution in [0.4, 0.5) is 5.69 Å². The molecule has 1 atom stereocenters. The summed E-state index contributed by atoms with van der Waals surface area (Å²) in [7, 11) is 0. The van der Waals surface area contributed by atoms with Crippen LogP contribution in [0, 0.1) is 0 Å². The van der Waals surface area contributed by atoms with Crippen molar-refractivity contribution in [2.75, 3.05) is 5.32 Å². The molecule has 114 valence electrons. The maximum absolute atomic E-state index is 12.5. The van der Waals surface area contributed by atoms with Crippen LogP contribution in [-0.4, -0.2) is 26.8 Å². The molecule has 3 aromatic rings. The van der Waals surface area contributed by atoms with Crippen LogP contribution in [0.3, 0.4) is 0 Å². The summed E-state index contributed by atoms with van der Waals surface area (Å²) in [5.74, 6) is 1.15. The second-order valence-corrected chi connectivity index (χ2v) is 5.23. The number of ether oxygens (including phenoxy) is 1. The maximum Gasteiger partial charge on any atom is 0.265 e. The third-order valence-corrected chi connectivity index (χ3v) is 3.71. The van der Waals surface area contributed by atoms with Crippen molar-refractivity contribution in [2.45, 2.75) is 12.5 Å². The molecule has 1 aliphatic rings. The lowest BCUT2D eigenvalue weighted by Gasteiger charge is -2.13. The van der Waals surface area contributed by atoms with Gasteiger partial charge in [-0.3, -0.25) is 4.79 Å². The number of hydrogen-bond acceptors (Lipinski definition) is 4. The average Bonchev–Trinajstić information content (AvgIpc) is 3.25. The second-order valence-electron chi connectivity index (χ2n) is 5.23. The van der Waals surface area contributed by atoms with Gasteiger partial charge in [0.1, 0.15) is 5.75 Å². The van der Waals surface area contributed by atoms with Gasteiger partial charge >= 0.3 is 0 Å². The lowest BCUT2D eigenvalue weighted by atomic mass is 10.1. The molecule has 0 bridgehead atoms. The largest absolute Gasteiger partial charge is 0.480 e. The second kappa shape index (κ2) is 5.57. The van der Waals surface area contributed by atoms with Crippen molar-refractivity contribution in [1.82, 2.24) is 14.8 Å². The number of pyridine rings is 1. The molecule has 0 saturated carbocycles. The van der Waals surface area contributed by atoms with Gasteiger partial charge in [-0.1, -0.05) is 18.2 Å². The van der Waals surface area contributed by atoms with Crippen LogP contribution < -0.4 is 10.1 Å². The van der Waals surface area contributed by atoms with E-state index in [4.69, 9.17) is 4.74 Å². The van der Waals surface area contributed by atoms with E-state index < -0.39 is 6.10 Å².